The zero-order valence-corrected chi connectivity index (χ0v) is 13.6. The zero-order valence-electron chi connectivity index (χ0n) is 13.6. The van der Waals surface area contributed by atoms with Crippen molar-refractivity contribution in [3.63, 3.8) is 0 Å². The fourth-order valence-corrected chi connectivity index (χ4v) is 2.62. The molecule has 21 heavy (non-hydrogen) atoms. The third-order valence-electron chi connectivity index (χ3n) is 3.90. The number of nitrogens with one attached hydrogen (secondary N) is 1. The Kier molecular flexibility index (Phi) is 5.56. The van der Waals surface area contributed by atoms with Crippen LogP contribution in [-0.2, 0) is 0 Å². The lowest BCUT2D eigenvalue weighted by molar-refractivity contribution is 0.295. The lowest BCUT2D eigenvalue weighted by atomic mass is 10.1. The first-order valence-corrected chi connectivity index (χ1v) is 7.94. The van der Waals surface area contributed by atoms with Crippen LogP contribution in [0.4, 0.5) is 5.82 Å². The van der Waals surface area contributed by atoms with E-state index in [1.165, 1.54) is 13.0 Å². The normalized spacial score (nSPS) is 13.0. The molecule has 116 valence electrons. The van der Waals surface area contributed by atoms with Gasteiger partial charge in [-0.1, -0.05) is 13.8 Å². The summed E-state index contributed by atoms with van der Waals surface area (Å²) in [5.41, 5.74) is 2.06. The lowest BCUT2D eigenvalue weighted by Gasteiger charge is -2.20. The monoisotopic (exact) mass is 289 g/mol. The van der Waals surface area contributed by atoms with Gasteiger partial charge >= 0.3 is 0 Å². The van der Waals surface area contributed by atoms with E-state index in [-0.39, 0.29) is 0 Å². The van der Waals surface area contributed by atoms with Gasteiger partial charge in [0, 0.05) is 18.4 Å². The van der Waals surface area contributed by atoms with Crippen LogP contribution >= 0.6 is 0 Å². The maximum atomic E-state index is 4.45. The molecule has 1 atom stereocenters. The molecule has 0 radical (unpaired) electrons. The topological polar surface area (TPSA) is 45.5 Å². The second kappa shape index (κ2) is 7.41. The number of rotatable bonds is 8. The van der Waals surface area contributed by atoms with Crippen LogP contribution in [0.15, 0.2) is 18.5 Å². The number of nitrogens with zero attached hydrogens (tertiary/aromatic N) is 4. The van der Waals surface area contributed by atoms with Gasteiger partial charge in [0.2, 0.25) is 0 Å². The quantitative estimate of drug-likeness (QED) is 0.811. The Balaban J connectivity index is 1.91. The third kappa shape index (κ3) is 4.17. The van der Waals surface area contributed by atoms with E-state index < -0.39 is 0 Å². The first-order valence-electron chi connectivity index (χ1n) is 7.94. The van der Waals surface area contributed by atoms with E-state index in [0.29, 0.717) is 6.04 Å². The Morgan fingerprint density at radius 2 is 2.10 bits per heavy atom. The van der Waals surface area contributed by atoms with Crippen molar-refractivity contribution < 1.29 is 0 Å². The van der Waals surface area contributed by atoms with Crippen LogP contribution in [0.25, 0.3) is 5.52 Å². The summed E-state index contributed by atoms with van der Waals surface area (Å²) in [7, 11) is 0. The molecule has 0 saturated heterocycles. The molecular weight excluding hydrogens is 262 g/mol. The smallest absolute Gasteiger partial charge is 0.152 e. The van der Waals surface area contributed by atoms with Crippen molar-refractivity contribution in [2.24, 2.45) is 0 Å². The number of aryl methyl sites for hydroxylation is 1. The standard InChI is InChI=1S/C16H27N5/c1-5-20(6-2)10-7-8-13(3)18-16-15-12-14(4)19-21(15)11-9-17-16/h9,11-13H,5-8,10H2,1-4H3,(H,17,18). The SMILES string of the molecule is CCN(CC)CCCC(C)Nc1nccn2nc(C)cc12. The van der Waals surface area contributed by atoms with E-state index in [1.54, 1.807) is 6.20 Å². The van der Waals surface area contributed by atoms with Gasteiger partial charge in [-0.05, 0) is 52.4 Å². The molecule has 0 aliphatic heterocycles. The molecule has 5 nitrogen and oxygen atoms in total. The minimum absolute atomic E-state index is 0.412. The number of hydrogen-bond acceptors (Lipinski definition) is 4. The Labute approximate surface area is 127 Å². The highest BCUT2D eigenvalue weighted by Gasteiger charge is 2.09. The highest BCUT2D eigenvalue weighted by molar-refractivity contribution is 5.67. The molecule has 1 N–H and O–H groups in total. The van der Waals surface area contributed by atoms with Crippen molar-refractivity contribution in [3.8, 4) is 0 Å². The molecule has 0 aliphatic carbocycles. The largest absolute Gasteiger partial charge is 0.366 e. The van der Waals surface area contributed by atoms with Crippen molar-refractivity contribution in [2.45, 2.75) is 46.6 Å². The molecule has 2 rings (SSSR count). The van der Waals surface area contributed by atoms with Crippen molar-refractivity contribution in [1.82, 2.24) is 19.5 Å². The molecular formula is C16H27N5. The van der Waals surface area contributed by atoms with E-state index >= 15 is 0 Å². The lowest BCUT2D eigenvalue weighted by Crippen LogP contribution is -2.25. The molecule has 0 aliphatic rings. The molecule has 1 unspecified atom stereocenters. The van der Waals surface area contributed by atoms with Gasteiger partial charge in [0.25, 0.3) is 0 Å². The summed E-state index contributed by atoms with van der Waals surface area (Å²) in [6.07, 6.45) is 6.03. The summed E-state index contributed by atoms with van der Waals surface area (Å²) in [5.74, 6) is 0.924. The number of aromatic nitrogens is 3. The van der Waals surface area contributed by atoms with Gasteiger partial charge in [-0.3, -0.25) is 0 Å². The maximum Gasteiger partial charge on any atom is 0.152 e. The predicted octanol–water partition coefficient (Wildman–Crippen LogP) is 2.96. The number of fused-ring (bicyclic) bond motifs is 1. The Hall–Kier alpha value is -1.62. The van der Waals surface area contributed by atoms with Gasteiger partial charge < -0.3 is 10.2 Å². The molecule has 2 aromatic rings. The van der Waals surface area contributed by atoms with Crippen LogP contribution in [0.5, 0.6) is 0 Å². The second-order valence-corrected chi connectivity index (χ2v) is 5.61. The molecule has 0 saturated carbocycles. The Morgan fingerprint density at radius 3 is 2.81 bits per heavy atom. The van der Waals surface area contributed by atoms with Crippen molar-refractivity contribution in [3.05, 3.63) is 24.2 Å². The van der Waals surface area contributed by atoms with Crippen LogP contribution in [-0.4, -0.2) is 45.2 Å². The number of anilines is 1. The first kappa shape index (κ1) is 15.8. The minimum atomic E-state index is 0.412. The third-order valence-corrected chi connectivity index (χ3v) is 3.90. The van der Waals surface area contributed by atoms with Crippen molar-refractivity contribution >= 4 is 11.3 Å². The summed E-state index contributed by atoms with van der Waals surface area (Å²) in [6, 6.07) is 2.48. The summed E-state index contributed by atoms with van der Waals surface area (Å²) < 4.78 is 1.88. The van der Waals surface area contributed by atoms with Gasteiger partial charge in [0.1, 0.15) is 5.52 Å². The second-order valence-electron chi connectivity index (χ2n) is 5.61. The maximum absolute atomic E-state index is 4.45. The molecule has 2 aromatic heterocycles. The van der Waals surface area contributed by atoms with E-state index in [2.05, 4.69) is 47.1 Å². The highest BCUT2D eigenvalue weighted by Crippen LogP contribution is 2.16. The van der Waals surface area contributed by atoms with E-state index in [4.69, 9.17) is 0 Å². The molecule has 0 aromatic carbocycles. The van der Waals surface area contributed by atoms with Gasteiger partial charge in [-0.25, -0.2) is 9.50 Å². The van der Waals surface area contributed by atoms with Gasteiger partial charge in [0.05, 0.1) is 5.69 Å². The van der Waals surface area contributed by atoms with Gasteiger partial charge in [-0.15, -0.1) is 0 Å². The summed E-state index contributed by atoms with van der Waals surface area (Å²) >= 11 is 0. The molecule has 0 fully saturated rings. The molecule has 0 bridgehead atoms. The van der Waals surface area contributed by atoms with E-state index in [1.807, 2.05) is 17.6 Å². The molecule has 2 heterocycles. The van der Waals surface area contributed by atoms with Crippen LogP contribution in [0.1, 0.15) is 39.3 Å². The summed E-state index contributed by atoms with van der Waals surface area (Å²) in [6.45, 7) is 12.1. The molecule has 0 amide bonds. The Morgan fingerprint density at radius 1 is 1.33 bits per heavy atom. The van der Waals surface area contributed by atoms with Crippen molar-refractivity contribution in [1.29, 1.82) is 0 Å². The zero-order chi connectivity index (χ0) is 15.2. The summed E-state index contributed by atoms with van der Waals surface area (Å²) in [5, 5.41) is 7.94. The van der Waals surface area contributed by atoms with Crippen LogP contribution in [0.2, 0.25) is 0 Å². The fraction of sp³-hybridized carbons (Fsp3) is 0.625. The van der Waals surface area contributed by atoms with Gasteiger partial charge in [-0.2, -0.15) is 5.10 Å². The minimum Gasteiger partial charge on any atom is -0.366 e. The summed E-state index contributed by atoms with van der Waals surface area (Å²) in [4.78, 5) is 6.92. The molecule has 0 spiro atoms. The van der Waals surface area contributed by atoms with E-state index in [9.17, 15) is 0 Å². The van der Waals surface area contributed by atoms with Crippen molar-refractivity contribution in [2.75, 3.05) is 25.0 Å². The predicted molar refractivity (Wildman–Crippen MR) is 87.8 cm³/mol. The number of hydrogen-bond donors (Lipinski definition) is 1. The van der Waals surface area contributed by atoms with Crippen LogP contribution in [0.3, 0.4) is 0 Å². The highest BCUT2D eigenvalue weighted by atomic mass is 15.2. The average molecular weight is 289 g/mol. The van der Waals surface area contributed by atoms with Gasteiger partial charge in [0.15, 0.2) is 5.82 Å². The Bertz CT molecular complexity index is 559. The molecule has 5 heteroatoms. The average Bonchev–Trinajstić information content (AvgIpc) is 2.85. The van der Waals surface area contributed by atoms with Crippen LogP contribution < -0.4 is 5.32 Å². The fourth-order valence-electron chi connectivity index (χ4n) is 2.62. The van der Waals surface area contributed by atoms with Crippen LogP contribution in [0, 0.1) is 6.92 Å². The first-order chi connectivity index (χ1) is 10.1. The van der Waals surface area contributed by atoms with E-state index in [0.717, 1.165) is 36.5 Å².